The highest BCUT2D eigenvalue weighted by atomic mass is 16.3. The maximum atomic E-state index is 12.1. The molecule has 0 aliphatic rings. The molecule has 0 aromatic heterocycles. The lowest BCUT2D eigenvalue weighted by Crippen LogP contribution is -2.58. The summed E-state index contributed by atoms with van der Waals surface area (Å²) < 4.78 is 0. The summed E-state index contributed by atoms with van der Waals surface area (Å²) in [6.07, 6.45) is 0. The summed E-state index contributed by atoms with van der Waals surface area (Å²) in [5.41, 5.74) is 4.71. The molecule has 1 unspecified atom stereocenters. The van der Waals surface area contributed by atoms with E-state index in [2.05, 4.69) is 5.32 Å². The second kappa shape index (κ2) is 5.15. The Labute approximate surface area is 98.6 Å². The summed E-state index contributed by atoms with van der Waals surface area (Å²) in [6, 6.07) is -0.214. The van der Waals surface area contributed by atoms with Crippen molar-refractivity contribution < 1.29 is 9.90 Å². The van der Waals surface area contributed by atoms with Gasteiger partial charge in [-0.05, 0) is 33.6 Å². The Morgan fingerprint density at radius 2 is 1.75 bits per heavy atom. The lowest BCUT2D eigenvalue weighted by Gasteiger charge is -2.38. The molecule has 0 rings (SSSR count). The van der Waals surface area contributed by atoms with Crippen LogP contribution in [-0.4, -0.2) is 29.2 Å². The zero-order valence-corrected chi connectivity index (χ0v) is 11.3. The third-order valence-corrected chi connectivity index (χ3v) is 3.50. The van der Waals surface area contributed by atoms with Crippen molar-refractivity contribution in [1.82, 2.24) is 5.32 Å². The van der Waals surface area contributed by atoms with Gasteiger partial charge in [0.1, 0.15) is 0 Å². The third-order valence-electron chi connectivity index (χ3n) is 3.50. The highest BCUT2D eigenvalue weighted by molar-refractivity contribution is 5.83. The number of rotatable bonds is 5. The molecule has 96 valence electrons. The molecule has 1 atom stereocenters. The molecule has 0 aliphatic heterocycles. The zero-order chi connectivity index (χ0) is 13.1. The van der Waals surface area contributed by atoms with Crippen LogP contribution in [0.4, 0.5) is 0 Å². The number of nitrogens with two attached hydrogens (primary N) is 1. The van der Waals surface area contributed by atoms with Crippen LogP contribution in [0.1, 0.15) is 41.5 Å². The molecule has 16 heavy (non-hydrogen) atoms. The predicted octanol–water partition coefficient (Wildman–Crippen LogP) is 0.883. The molecule has 0 aliphatic carbocycles. The highest BCUT2D eigenvalue weighted by Crippen LogP contribution is 2.28. The molecule has 1 amide bonds. The first-order valence-corrected chi connectivity index (χ1v) is 5.74. The van der Waals surface area contributed by atoms with Gasteiger partial charge in [-0.2, -0.15) is 0 Å². The van der Waals surface area contributed by atoms with Crippen molar-refractivity contribution in [3.63, 3.8) is 0 Å². The van der Waals surface area contributed by atoms with Gasteiger partial charge in [-0.1, -0.05) is 13.8 Å². The van der Waals surface area contributed by atoms with Crippen molar-refractivity contribution in [3.8, 4) is 0 Å². The normalized spacial score (nSPS) is 15.1. The van der Waals surface area contributed by atoms with Crippen molar-refractivity contribution in [2.24, 2.45) is 17.1 Å². The molecular formula is C12H26N2O2. The van der Waals surface area contributed by atoms with E-state index in [0.29, 0.717) is 0 Å². The predicted molar refractivity (Wildman–Crippen MR) is 65.9 cm³/mol. The topological polar surface area (TPSA) is 75.3 Å². The standard InChI is InChI=1S/C12H26N2O2/c1-8(2)9(7-15)14-10(16)11(3,4)12(5,6)13/h8-9,15H,7,13H2,1-6H3,(H,14,16). The fourth-order valence-corrected chi connectivity index (χ4v) is 1.06. The Hall–Kier alpha value is -0.610. The summed E-state index contributed by atoms with van der Waals surface area (Å²) in [5, 5.41) is 12.0. The maximum absolute atomic E-state index is 12.1. The number of carbonyl (C=O) groups is 1. The Kier molecular flexibility index (Phi) is 4.95. The third kappa shape index (κ3) is 3.46. The smallest absolute Gasteiger partial charge is 0.227 e. The molecule has 4 heteroatoms. The van der Waals surface area contributed by atoms with Crippen LogP contribution in [-0.2, 0) is 4.79 Å². The van der Waals surface area contributed by atoms with Crippen LogP contribution in [0.5, 0.6) is 0 Å². The van der Waals surface area contributed by atoms with E-state index < -0.39 is 11.0 Å². The fourth-order valence-electron chi connectivity index (χ4n) is 1.06. The van der Waals surface area contributed by atoms with Crippen LogP contribution in [0.25, 0.3) is 0 Å². The van der Waals surface area contributed by atoms with Gasteiger partial charge in [0.05, 0.1) is 18.1 Å². The summed E-state index contributed by atoms with van der Waals surface area (Å²) in [6.45, 7) is 11.2. The molecule has 0 aromatic rings. The number of hydrogen-bond acceptors (Lipinski definition) is 3. The van der Waals surface area contributed by atoms with E-state index >= 15 is 0 Å². The van der Waals surface area contributed by atoms with Crippen molar-refractivity contribution in [1.29, 1.82) is 0 Å². The zero-order valence-electron chi connectivity index (χ0n) is 11.3. The molecule has 0 saturated carbocycles. The van der Waals surface area contributed by atoms with E-state index in [4.69, 9.17) is 10.8 Å². The van der Waals surface area contributed by atoms with Gasteiger partial charge in [-0.15, -0.1) is 0 Å². The second-order valence-corrected chi connectivity index (χ2v) is 5.85. The van der Waals surface area contributed by atoms with Gasteiger partial charge in [-0.25, -0.2) is 0 Å². The summed E-state index contributed by atoms with van der Waals surface area (Å²) >= 11 is 0. The van der Waals surface area contributed by atoms with E-state index in [0.717, 1.165) is 0 Å². The van der Waals surface area contributed by atoms with Crippen LogP contribution in [0, 0.1) is 11.3 Å². The largest absolute Gasteiger partial charge is 0.394 e. The van der Waals surface area contributed by atoms with Gasteiger partial charge in [0, 0.05) is 5.54 Å². The minimum absolute atomic E-state index is 0.0511. The van der Waals surface area contributed by atoms with Gasteiger partial charge in [0.15, 0.2) is 0 Å². The van der Waals surface area contributed by atoms with Crippen molar-refractivity contribution in [2.45, 2.75) is 53.1 Å². The van der Waals surface area contributed by atoms with Crippen LogP contribution in [0.15, 0.2) is 0 Å². The number of carbonyl (C=O) groups excluding carboxylic acids is 1. The number of aliphatic hydroxyl groups excluding tert-OH is 1. The molecule has 0 spiro atoms. The molecule has 0 saturated heterocycles. The van der Waals surface area contributed by atoms with Crippen molar-refractivity contribution in [3.05, 3.63) is 0 Å². The number of nitrogens with one attached hydrogen (secondary N) is 1. The fraction of sp³-hybridized carbons (Fsp3) is 0.917. The van der Waals surface area contributed by atoms with E-state index in [9.17, 15) is 4.79 Å². The molecular weight excluding hydrogens is 204 g/mol. The quantitative estimate of drug-likeness (QED) is 0.656. The van der Waals surface area contributed by atoms with Crippen LogP contribution in [0.3, 0.4) is 0 Å². The monoisotopic (exact) mass is 230 g/mol. The minimum atomic E-state index is -0.671. The number of aliphatic hydroxyl groups is 1. The average Bonchev–Trinajstić information content (AvgIpc) is 2.11. The number of amides is 1. The van der Waals surface area contributed by atoms with Gasteiger partial charge in [0.2, 0.25) is 5.91 Å². The first-order chi connectivity index (χ1) is 7.04. The Balaban J connectivity index is 4.70. The molecule has 0 fully saturated rings. The van der Waals surface area contributed by atoms with E-state index in [1.165, 1.54) is 0 Å². The summed E-state index contributed by atoms with van der Waals surface area (Å²) in [4.78, 5) is 12.1. The van der Waals surface area contributed by atoms with Gasteiger partial charge < -0.3 is 16.2 Å². The molecule has 0 bridgehead atoms. The highest BCUT2D eigenvalue weighted by Gasteiger charge is 2.41. The second-order valence-electron chi connectivity index (χ2n) is 5.85. The molecule has 0 radical (unpaired) electrons. The van der Waals surface area contributed by atoms with Crippen LogP contribution >= 0.6 is 0 Å². The molecule has 4 N–H and O–H groups in total. The summed E-state index contributed by atoms with van der Waals surface area (Å²) in [7, 11) is 0. The maximum Gasteiger partial charge on any atom is 0.227 e. The van der Waals surface area contributed by atoms with Gasteiger partial charge >= 0.3 is 0 Å². The van der Waals surface area contributed by atoms with Crippen molar-refractivity contribution in [2.75, 3.05) is 6.61 Å². The first kappa shape index (κ1) is 15.4. The Morgan fingerprint density at radius 1 is 1.31 bits per heavy atom. The van der Waals surface area contributed by atoms with E-state index in [1.54, 1.807) is 0 Å². The van der Waals surface area contributed by atoms with Crippen molar-refractivity contribution >= 4 is 5.91 Å². The first-order valence-electron chi connectivity index (χ1n) is 5.74. The van der Waals surface area contributed by atoms with Crippen LogP contribution in [0.2, 0.25) is 0 Å². The van der Waals surface area contributed by atoms with Crippen LogP contribution < -0.4 is 11.1 Å². The average molecular weight is 230 g/mol. The Morgan fingerprint density at radius 3 is 2.00 bits per heavy atom. The minimum Gasteiger partial charge on any atom is -0.394 e. The number of hydrogen-bond donors (Lipinski definition) is 3. The van der Waals surface area contributed by atoms with Gasteiger partial charge in [-0.3, -0.25) is 4.79 Å². The summed E-state index contributed by atoms with van der Waals surface area (Å²) in [5.74, 6) is 0.0818. The molecule has 0 heterocycles. The van der Waals surface area contributed by atoms with E-state index in [-0.39, 0.29) is 24.5 Å². The molecule has 0 aromatic carbocycles. The Bertz CT molecular complexity index is 242. The lowest BCUT2D eigenvalue weighted by molar-refractivity contribution is -0.133. The SMILES string of the molecule is CC(C)C(CO)NC(=O)C(C)(C)C(C)(C)N. The lowest BCUT2D eigenvalue weighted by atomic mass is 9.74. The molecule has 4 nitrogen and oxygen atoms in total. The van der Waals surface area contributed by atoms with E-state index in [1.807, 2.05) is 41.5 Å². The van der Waals surface area contributed by atoms with Gasteiger partial charge in [0.25, 0.3) is 0 Å².